The first kappa shape index (κ1) is 15.9. The van der Waals surface area contributed by atoms with E-state index in [0.29, 0.717) is 0 Å². The molecule has 4 heterocycles. The third-order valence-electron chi connectivity index (χ3n) is 4.80. The number of rotatable bonds is 4. The third kappa shape index (κ3) is 2.80. The van der Waals surface area contributed by atoms with Crippen LogP contribution in [0.3, 0.4) is 0 Å². The van der Waals surface area contributed by atoms with Gasteiger partial charge >= 0.3 is 0 Å². The lowest BCUT2D eigenvalue weighted by molar-refractivity contribution is 0.377. The first-order chi connectivity index (χ1) is 12.8. The summed E-state index contributed by atoms with van der Waals surface area (Å²) in [4.78, 5) is 13.8. The Balaban J connectivity index is 1.49. The third-order valence-corrected chi connectivity index (χ3v) is 6.73. The van der Waals surface area contributed by atoms with Crippen LogP contribution in [-0.2, 0) is 0 Å². The molecule has 6 heteroatoms. The number of hydrogen-bond donors (Lipinski definition) is 1. The molecular weight excluding hydrogens is 360 g/mol. The second kappa shape index (κ2) is 6.46. The fourth-order valence-corrected chi connectivity index (χ4v) is 5.04. The number of benzene rings is 1. The molecule has 0 fully saturated rings. The lowest BCUT2D eigenvalue weighted by Crippen LogP contribution is -2.19. The molecular formula is C20H18N4S2. The second-order valence-corrected chi connectivity index (χ2v) is 8.32. The van der Waals surface area contributed by atoms with Gasteiger partial charge < -0.3 is 5.32 Å². The Morgan fingerprint density at radius 3 is 3.04 bits per heavy atom. The molecule has 0 bridgehead atoms. The van der Waals surface area contributed by atoms with Crippen LogP contribution in [0.2, 0.25) is 0 Å². The molecule has 4 aromatic rings. The largest absolute Gasteiger partial charge is 0.355 e. The minimum absolute atomic E-state index is 1.03. The highest BCUT2D eigenvalue weighted by Gasteiger charge is 2.17. The molecule has 0 unspecified atom stereocenters. The van der Waals surface area contributed by atoms with E-state index in [1.807, 2.05) is 17.8 Å². The molecule has 130 valence electrons. The van der Waals surface area contributed by atoms with Gasteiger partial charge in [0.1, 0.15) is 4.83 Å². The standard InChI is InChI=1S/C20H18N4S2/c1-2-24-8-6-13(11-24)19-10-15-16(5-7-21-20(15)26-19)23-14-3-4-18-17(9-14)22-12-25-18/h3-7,9-10,12H,2,8,11H2,1H3,(H,21,23). The van der Waals surface area contributed by atoms with E-state index in [9.17, 15) is 0 Å². The van der Waals surface area contributed by atoms with Crippen molar-refractivity contribution in [3.8, 4) is 0 Å². The van der Waals surface area contributed by atoms with Crippen LogP contribution in [0.5, 0.6) is 0 Å². The number of aromatic nitrogens is 2. The van der Waals surface area contributed by atoms with Gasteiger partial charge in [0, 0.05) is 35.2 Å². The van der Waals surface area contributed by atoms with Gasteiger partial charge in [-0.05, 0) is 42.4 Å². The van der Waals surface area contributed by atoms with Gasteiger partial charge in [-0.3, -0.25) is 4.90 Å². The summed E-state index contributed by atoms with van der Waals surface area (Å²) in [6.45, 7) is 5.39. The fraction of sp³-hybridized carbons (Fsp3) is 0.200. The van der Waals surface area contributed by atoms with Crippen molar-refractivity contribution in [1.29, 1.82) is 0 Å². The Morgan fingerprint density at radius 2 is 2.15 bits per heavy atom. The highest BCUT2D eigenvalue weighted by atomic mass is 32.1. The van der Waals surface area contributed by atoms with Gasteiger partial charge in [0.05, 0.1) is 21.4 Å². The van der Waals surface area contributed by atoms with Gasteiger partial charge in [0.25, 0.3) is 0 Å². The van der Waals surface area contributed by atoms with E-state index in [1.54, 1.807) is 22.7 Å². The molecule has 0 amide bonds. The average Bonchev–Trinajstić information content (AvgIpc) is 3.39. The highest BCUT2D eigenvalue weighted by molar-refractivity contribution is 7.19. The fourth-order valence-electron chi connectivity index (χ4n) is 3.33. The molecule has 3 aromatic heterocycles. The van der Waals surface area contributed by atoms with Gasteiger partial charge in [0.15, 0.2) is 0 Å². The molecule has 0 saturated heterocycles. The summed E-state index contributed by atoms with van der Waals surface area (Å²) < 4.78 is 1.21. The van der Waals surface area contributed by atoms with Crippen molar-refractivity contribution in [2.45, 2.75) is 6.92 Å². The first-order valence-corrected chi connectivity index (χ1v) is 10.4. The smallest absolute Gasteiger partial charge is 0.125 e. The first-order valence-electron chi connectivity index (χ1n) is 8.71. The average molecular weight is 379 g/mol. The molecule has 0 saturated carbocycles. The zero-order chi connectivity index (χ0) is 17.5. The van der Waals surface area contributed by atoms with E-state index in [-0.39, 0.29) is 0 Å². The Hall–Kier alpha value is -2.28. The summed E-state index contributed by atoms with van der Waals surface area (Å²) in [5.41, 5.74) is 6.50. The van der Waals surface area contributed by atoms with Gasteiger partial charge in [-0.15, -0.1) is 22.7 Å². The summed E-state index contributed by atoms with van der Waals surface area (Å²) in [6, 6.07) is 10.7. The molecule has 1 aliphatic rings. The maximum Gasteiger partial charge on any atom is 0.125 e. The lowest BCUT2D eigenvalue weighted by atomic mass is 10.2. The van der Waals surface area contributed by atoms with Crippen LogP contribution in [0.25, 0.3) is 26.0 Å². The molecule has 0 aliphatic carbocycles. The van der Waals surface area contributed by atoms with Crippen molar-refractivity contribution >= 4 is 60.1 Å². The minimum Gasteiger partial charge on any atom is -0.355 e. The van der Waals surface area contributed by atoms with E-state index < -0.39 is 0 Å². The summed E-state index contributed by atoms with van der Waals surface area (Å²) in [5.74, 6) is 0. The van der Waals surface area contributed by atoms with Crippen molar-refractivity contribution < 1.29 is 0 Å². The van der Waals surface area contributed by atoms with Crippen molar-refractivity contribution in [2.24, 2.45) is 0 Å². The van der Waals surface area contributed by atoms with Crippen molar-refractivity contribution in [3.05, 3.63) is 53.0 Å². The van der Waals surface area contributed by atoms with Crippen LogP contribution in [0.4, 0.5) is 11.4 Å². The molecule has 1 aliphatic heterocycles. The molecule has 5 rings (SSSR count). The maximum absolute atomic E-state index is 4.58. The SMILES string of the molecule is CCN1CC=C(c2cc3c(Nc4ccc5scnc5c4)ccnc3s2)C1. The molecule has 4 nitrogen and oxygen atoms in total. The van der Waals surface area contributed by atoms with Crippen LogP contribution >= 0.6 is 22.7 Å². The maximum atomic E-state index is 4.58. The predicted molar refractivity (Wildman–Crippen MR) is 113 cm³/mol. The number of pyridine rings is 1. The van der Waals surface area contributed by atoms with E-state index in [1.165, 1.54) is 20.5 Å². The number of thiophene rings is 1. The van der Waals surface area contributed by atoms with Crippen LogP contribution in [0, 0.1) is 0 Å². The van der Waals surface area contributed by atoms with Crippen LogP contribution in [0.15, 0.2) is 48.1 Å². The zero-order valence-electron chi connectivity index (χ0n) is 14.4. The number of nitrogens with zero attached hydrogens (tertiary/aromatic N) is 3. The summed E-state index contributed by atoms with van der Waals surface area (Å²) in [6.07, 6.45) is 4.23. The highest BCUT2D eigenvalue weighted by Crippen LogP contribution is 2.36. The van der Waals surface area contributed by atoms with Gasteiger partial charge in [-0.2, -0.15) is 0 Å². The Kier molecular flexibility index (Phi) is 3.96. The number of hydrogen-bond acceptors (Lipinski definition) is 6. The second-order valence-electron chi connectivity index (χ2n) is 6.40. The van der Waals surface area contributed by atoms with Crippen LogP contribution in [0.1, 0.15) is 11.8 Å². The van der Waals surface area contributed by atoms with Crippen LogP contribution in [-0.4, -0.2) is 34.5 Å². The Morgan fingerprint density at radius 1 is 1.19 bits per heavy atom. The van der Waals surface area contributed by atoms with E-state index in [0.717, 1.165) is 41.4 Å². The molecule has 1 N–H and O–H groups in total. The number of anilines is 2. The summed E-state index contributed by atoms with van der Waals surface area (Å²) >= 11 is 3.45. The molecule has 26 heavy (non-hydrogen) atoms. The molecule has 0 spiro atoms. The van der Waals surface area contributed by atoms with Crippen molar-refractivity contribution in [3.63, 3.8) is 0 Å². The number of nitrogens with one attached hydrogen (secondary N) is 1. The number of likely N-dealkylation sites (N-methyl/N-ethyl adjacent to an activating group) is 1. The lowest BCUT2D eigenvalue weighted by Gasteiger charge is -2.11. The Bertz CT molecular complexity index is 1130. The van der Waals surface area contributed by atoms with Gasteiger partial charge in [-0.25, -0.2) is 9.97 Å². The zero-order valence-corrected chi connectivity index (χ0v) is 16.0. The van der Waals surface area contributed by atoms with E-state index in [4.69, 9.17) is 0 Å². The van der Waals surface area contributed by atoms with Crippen molar-refractivity contribution in [2.75, 3.05) is 25.0 Å². The minimum atomic E-state index is 1.03. The predicted octanol–water partition coefficient (Wildman–Crippen LogP) is 5.37. The van der Waals surface area contributed by atoms with Crippen LogP contribution < -0.4 is 5.32 Å². The quantitative estimate of drug-likeness (QED) is 0.518. The number of fused-ring (bicyclic) bond motifs is 2. The topological polar surface area (TPSA) is 41.0 Å². The number of thiazole rings is 1. The van der Waals surface area contributed by atoms with Gasteiger partial charge in [0.2, 0.25) is 0 Å². The monoisotopic (exact) mass is 378 g/mol. The van der Waals surface area contributed by atoms with Gasteiger partial charge in [-0.1, -0.05) is 13.0 Å². The normalized spacial score (nSPS) is 15.0. The summed E-state index contributed by atoms with van der Waals surface area (Å²) in [7, 11) is 0. The molecule has 0 atom stereocenters. The Labute approximate surface area is 159 Å². The molecule has 0 radical (unpaired) electrons. The van der Waals surface area contributed by atoms with Crippen molar-refractivity contribution in [1.82, 2.24) is 14.9 Å². The molecule has 1 aromatic carbocycles. The van der Waals surface area contributed by atoms with E-state index in [2.05, 4.69) is 57.4 Å². The van der Waals surface area contributed by atoms with E-state index >= 15 is 0 Å². The summed E-state index contributed by atoms with van der Waals surface area (Å²) in [5, 5.41) is 4.74.